The molecule has 38 heavy (non-hydrogen) atoms. The van der Waals surface area contributed by atoms with Gasteiger partial charge in [-0.1, -0.05) is 53.5 Å². The van der Waals surface area contributed by atoms with Gasteiger partial charge in [0.15, 0.2) is 5.82 Å². The molecule has 1 aromatic carbocycles. The van der Waals surface area contributed by atoms with Gasteiger partial charge in [0, 0.05) is 41.6 Å². The van der Waals surface area contributed by atoms with Gasteiger partial charge in [-0.15, -0.1) is 0 Å². The zero-order valence-electron chi connectivity index (χ0n) is 22.8. The van der Waals surface area contributed by atoms with Crippen LogP contribution in [0.2, 0.25) is 5.02 Å². The number of carbonyl (C=O) groups excluding carboxylic acids is 3. The summed E-state index contributed by atoms with van der Waals surface area (Å²) in [5.41, 5.74) is 1.39. The molecule has 1 atom stereocenters. The predicted octanol–water partition coefficient (Wildman–Crippen LogP) is 6.12. The van der Waals surface area contributed by atoms with E-state index in [1.807, 2.05) is 26.8 Å². The Bertz CT molecular complexity index is 1160. The molecule has 0 bridgehead atoms. The standard InChI is InChI=1S/C29H39ClN4O4/c1-5-29(3,4)32-28(37)27(22-13-9-10-14-23(22)30)34(18-17-21-11-7-6-8-12-21)26(36)16-15-25(35)31-24-19-20(2)38-33-24/h9-11,13-14,19,27H,5-8,12,15-18H2,1-4H3,(H,32,37)(H,31,33,35). The Morgan fingerprint density at radius 1 is 1.18 bits per heavy atom. The highest BCUT2D eigenvalue weighted by atomic mass is 35.5. The topological polar surface area (TPSA) is 105 Å². The van der Waals surface area contributed by atoms with Crippen molar-refractivity contribution >= 4 is 35.1 Å². The predicted molar refractivity (Wildman–Crippen MR) is 149 cm³/mol. The molecule has 8 nitrogen and oxygen atoms in total. The summed E-state index contributed by atoms with van der Waals surface area (Å²) < 4.78 is 4.98. The summed E-state index contributed by atoms with van der Waals surface area (Å²) in [5.74, 6) is -0.0625. The molecule has 1 aromatic heterocycles. The molecule has 0 spiro atoms. The SMILES string of the molecule is CCC(C)(C)NC(=O)C(c1ccccc1Cl)N(CCC1=CCCCC1)C(=O)CCC(=O)Nc1cc(C)on1. The van der Waals surface area contributed by atoms with Crippen LogP contribution in [0, 0.1) is 6.92 Å². The minimum Gasteiger partial charge on any atom is -0.360 e. The number of anilines is 1. The molecule has 1 aliphatic rings. The van der Waals surface area contributed by atoms with Crippen LogP contribution in [-0.2, 0) is 14.4 Å². The van der Waals surface area contributed by atoms with Crippen LogP contribution in [0.3, 0.4) is 0 Å². The highest BCUT2D eigenvalue weighted by Crippen LogP contribution is 2.31. The van der Waals surface area contributed by atoms with Crippen LogP contribution < -0.4 is 10.6 Å². The summed E-state index contributed by atoms with van der Waals surface area (Å²) >= 11 is 6.58. The maximum absolute atomic E-state index is 13.8. The number of hydrogen-bond acceptors (Lipinski definition) is 5. The number of aromatic nitrogens is 1. The Morgan fingerprint density at radius 3 is 2.58 bits per heavy atom. The van der Waals surface area contributed by atoms with Gasteiger partial charge in [0.1, 0.15) is 11.8 Å². The van der Waals surface area contributed by atoms with Crippen molar-refractivity contribution in [3.05, 3.63) is 58.3 Å². The molecular formula is C29H39ClN4O4. The average molecular weight is 543 g/mol. The fraction of sp³-hybridized carbons (Fsp3) is 0.517. The van der Waals surface area contributed by atoms with E-state index in [2.05, 4.69) is 21.9 Å². The lowest BCUT2D eigenvalue weighted by Gasteiger charge is -2.35. The molecule has 1 aliphatic carbocycles. The summed E-state index contributed by atoms with van der Waals surface area (Å²) in [6.45, 7) is 7.97. The van der Waals surface area contributed by atoms with Crippen molar-refractivity contribution < 1.29 is 18.9 Å². The first-order valence-corrected chi connectivity index (χ1v) is 13.7. The molecule has 2 N–H and O–H groups in total. The van der Waals surface area contributed by atoms with Gasteiger partial charge in [0.05, 0.1) is 0 Å². The van der Waals surface area contributed by atoms with E-state index >= 15 is 0 Å². The second-order valence-electron chi connectivity index (χ2n) is 10.5. The molecule has 0 fully saturated rings. The average Bonchev–Trinajstić information content (AvgIpc) is 3.30. The Kier molecular flexibility index (Phi) is 10.5. The second kappa shape index (κ2) is 13.6. The molecule has 3 amide bonds. The van der Waals surface area contributed by atoms with Crippen molar-refractivity contribution in [2.75, 3.05) is 11.9 Å². The van der Waals surface area contributed by atoms with Crippen molar-refractivity contribution in [1.82, 2.24) is 15.4 Å². The van der Waals surface area contributed by atoms with E-state index in [1.165, 1.54) is 12.0 Å². The van der Waals surface area contributed by atoms with E-state index in [0.29, 0.717) is 35.1 Å². The Labute approximate surface area is 230 Å². The minimum absolute atomic E-state index is 0.0543. The Balaban J connectivity index is 1.86. The molecule has 9 heteroatoms. The number of nitrogens with one attached hydrogen (secondary N) is 2. The zero-order chi connectivity index (χ0) is 27.7. The lowest BCUT2D eigenvalue weighted by molar-refractivity contribution is -0.142. The molecule has 0 saturated carbocycles. The number of halogens is 1. The molecule has 2 aromatic rings. The molecule has 0 radical (unpaired) electrons. The van der Waals surface area contributed by atoms with E-state index in [1.54, 1.807) is 36.1 Å². The number of benzene rings is 1. The van der Waals surface area contributed by atoms with Gasteiger partial charge in [-0.25, -0.2) is 0 Å². The number of rotatable bonds is 12. The van der Waals surface area contributed by atoms with Crippen molar-refractivity contribution in [3.63, 3.8) is 0 Å². The maximum Gasteiger partial charge on any atom is 0.247 e. The van der Waals surface area contributed by atoms with Crippen molar-refractivity contribution in [2.45, 2.75) is 90.6 Å². The van der Waals surface area contributed by atoms with E-state index in [9.17, 15) is 14.4 Å². The summed E-state index contributed by atoms with van der Waals surface area (Å²) in [7, 11) is 0. The quantitative estimate of drug-likeness (QED) is 0.314. The molecular weight excluding hydrogens is 504 g/mol. The van der Waals surface area contributed by atoms with Crippen LogP contribution in [0.5, 0.6) is 0 Å². The van der Waals surface area contributed by atoms with Gasteiger partial charge >= 0.3 is 0 Å². The van der Waals surface area contributed by atoms with Crippen LogP contribution in [0.15, 0.2) is 46.5 Å². The number of hydrogen-bond donors (Lipinski definition) is 2. The number of allylic oxidation sites excluding steroid dienone is 1. The molecule has 1 heterocycles. The first-order valence-electron chi connectivity index (χ1n) is 13.4. The fourth-order valence-electron chi connectivity index (χ4n) is 4.43. The van der Waals surface area contributed by atoms with Gasteiger partial charge in [-0.2, -0.15) is 0 Å². The van der Waals surface area contributed by atoms with Crippen LogP contribution >= 0.6 is 11.6 Å². The summed E-state index contributed by atoms with van der Waals surface area (Å²) in [6.07, 6.45) is 7.83. The van der Waals surface area contributed by atoms with Crippen LogP contribution in [0.1, 0.15) is 89.5 Å². The number of amides is 3. The third kappa shape index (κ3) is 8.45. The maximum atomic E-state index is 13.8. The summed E-state index contributed by atoms with van der Waals surface area (Å²) in [6, 6.07) is 7.80. The van der Waals surface area contributed by atoms with Crippen LogP contribution in [0.25, 0.3) is 0 Å². The van der Waals surface area contributed by atoms with Gasteiger partial charge in [0.2, 0.25) is 17.7 Å². The largest absolute Gasteiger partial charge is 0.360 e. The zero-order valence-corrected chi connectivity index (χ0v) is 23.6. The third-order valence-corrected chi connectivity index (χ3v) is 7.29. The first kappa shape index (κ1) is 29.4. The van der Waals surface area contributed by atoms with E-state index in [4.69, 9.17) is 16.1 Å². The van der Waals surface area contributed by atoms with Gasteiger partial charge < -0.3 is 20.1 Å². The van der Waals surface area contributed by atoms with Gasteiger partial charge in [-0.05, 0) is 65.4 Å². The molecule has 0 aliphatic heterocycles. The van der Waals surface area contributed by atoms with E-state index in [-0.39, 0.29) is 30.6 Å². The fourth-order valence-corrected chi connectivity index (χ4v) is 4.67. The second-order valence-corrected chi connectivity index (χ2v) is 10.9. The van der Waals surface area contributed by atoms with Crippen LogP contribution in [0.4, 0.5) is 5.82 Å². The third-order valence-electron chi connectivity index (χ3n) is 6.95. The first-order chi connectivity index (χ1) is 18.1. The summed E-state index contributed by atoms with van der Waals surface area (Å²) in [5, 5.41) is 9.93. The van der Waals surface area contributed by atoms with Gasteiger partial charge in [-0.3, -0.25) is 14.4 Å². The molecule has 206 valence electrons. The lowest BCUT2D eigenvalue weighted by Crippen LogP contribution is -2.50. The highest BCUT2D eigenvalue weighted by molar-refractivity contribution is 6.31. The minimum atomic E-state index is -0.924. The molecule has 1 unspecified atom stereocenters. The van der Waals surface area contributed by atoms with Crippen LogP contribution in [-0.4, -0.2) is 39.9 Å². The normalized spacial score (nSPS) is 14.4. The number of carbonyl (C=O) groups is 3. The van der Waals surface area contributed by atoms with Crippen molar-refractivity contribution in [1.29, 1.82) is 0 Å². The number of aryl methyl sites for hydroxylation is 1. The molecule has 3 rings (SSSR count). The Morgan fingerprint density at radius 2 is 1.95 bits per heavy atom. The smallest absolute Gasteiger partial charge is 0.247 e. The van der Waals surface area contributed by atoms with Crippen molar-refractivity contribution in [2.24, 2.45) is 0 Å². The van der Waals surface area contributed by atoms with E-state index in [0.717, 1.165) is 25.7 Å². The lowest BCUT2D eigenvalue weighted by atomic mass is 9.95. The highest BCUT2D eigenvalue weighted by Gasteiger charge is 2.35. The van der Waals surface area contributed by atoms with Crippen molar-refractivity contribution in [3.8, 4) is 0 Å². The Hall–Kier alpha value is -3.13. The monoisotopic (exact) mass is 542 g/mol. The summed E-state index contributed by atoms with van der Waals surface area (Å²) in [4.78, 5) is 41.6. The van der Waals surface area contributed by atoms with E-state index < -0.39 is 11.6 Å². The van der Waals surface area contributed by atoms with Gasteiger partial charge in [0.25, 0.3) is 0 Å². The molecule has 0 saturated heterocycles. The number of nitrogens with zero attached hydrogens (tertiary/aromatic N) is 2.